The predicted octanol–water partition coefficient (Wildman–Crippen LogP) is 2.02. The number of guanidine groups is 1. The van der Waals surface area contributed by atoms with Gasteiger partial charge in [-0.25, -0.2) is 4.98 Å². The van der Waals surface area contributed by atoms with Gasteiger partial charge in [0.25, 0.3) is 0 Å². The van der Waals surface area contributed by atoms with Gasteiger partial charge in [0, 0.05) is 45.5 Å². The van der Waals surface area contributed by atoms with E-state index in [0.29, 0.717) is 12.5 Å². The Labute approximate surface area is 158 Å². The molecular weight excluding hydrogens is 357 g/mol. The molecule has 1 saturated heterocycles. The molecule has 0 saturated carbocycles. The molecule has 1 aromatic heterocycles. The number of piperidine rings is 1. The van der Waals surface area contributed by atoms with Gasteiger partial charge < -0.3 is 15.5 Å². The van der Waals surface area contributed by atoms with E-state index in [1.165, 1.54) is 11.9 Å². The van der Waals surface area contributed by atoms with Crippen molar-refractivity contribution < 1.29 is 13.2 Å². The lowest BCUT2D eigenvalue weighted by Gasteiger charge is -2.34. The zero-order valence-electron chi connectivity index (χ0n) is 16.2. The van der Waals surface area contributed by atoms with Crippen molar-refractivity contribution >= 4 is 11.8 Å². The van der Waals surface area contributed by atoms with Crippen LogP contribution in [0.15, 0.2) is 23.3 Å². The number of pyridine rings is 1. The van der Waals surface area contributed by atoms with Gasteiger partial charge in [-0.3, -0.25) is 9.89 Å². The molecule has 1 aliphatic rings. The Morgan fingerprint density at radius 3 is 2.59 bits per heavy atom. The van der Waals surface area contributed by atoms with Crippen LogP contribution in [0.3, 0.4) is 0 Å². The third-order valence-corrected chi connectivity index (χ3v) is 4.51. The van der Waals surface area contributed by atoms with Crippen LogP contribution in [0, 0.1) is 6.92 Å². The third kappa shape index (κ3) is 7.62. The SMILES string of the molecule is CN=C(NCCN(C)CC(F)(F)F)NC1CCN(c2ccc(C)cn2)CC1. The van der Waals surface area contributed by atoms with Crippen molar-refractivity contribution in [1.82, 2.24) is 20.5 Å². The summed E-state index contributed by atoms with van der Waals surface area (Å²) in [6.07, 6.45) is -0.398. The van der Waals surface area contributed by atoms with E-state index in [4.69, 9.17) is 0 Å². The van der Waals surface area contributed by atoms with Crippen molar-refractivity contribution in [2.75, 3.05) is 51.7 Å². The summed E-state index contributed by atoms with van der Waals surface area (Å²) in [4.78, 5) is 12.1. The molecule has 1 fully saturated rings. The lowest BCUT2D eigenvalue weighted by atomic mass is 10.1. The molecule has 0 bridgehead atoms. The highest BCUT2D eigenvalue weighted by atomic mass is 19.4. The van der Waals surface area contributed by atoms with Crippen LogP contribution in [-0.2, 0) is 0 Å². The van der Waals surface area contributed by atoms with E-state index in [1.807, 2.05) is 19.2 Å². The number of likely N-dealkylation sites (N-methyl/N-ethyl adjacent to an activating group) is 1. The van der Waals surface area contributed by atoms with E-state index in [-0.39, 0.29) is 12.6 Å². The van der Waals surface area contributed by atoms with Crippen LogP contribution in [0.4, 0.5) is 19.0 Å². The smallest absolute Gasteiger partial charge is 0.356 e. The summed E-state index contributed by atoms with van der Waals surface area (Å²) in [6, 6.07) is 4.39. The van der Waals surface area contributed by atoms with Gasteiger partial charge in [0.05, 0.1) is 6.54 Å². The van der Waals surface area contributed by atoms with E-state index in [2.05, 4.69) is 31.6 Å². The van der Waals surface area contributed by atoms with Crippen LogP contribution in [0.1, 0.15) is 18.4 Å². The minimum Gasteiger partial charge on any atom is -0.356 e. The molecule has 2 heterocycles. The molecule has 2 N–H and O–H groups in total. The van der Waals surface area contributed by atoms with Crippen molar-refractivity contribution in [3.05, 3.63) is 23.9 Å². The number of hydrogen-bond acceptors (Lipinski definition) is 4. The van der Waals surface area contributed by atoms with Gasteiger partial charge in [-0.2, -0.15) is 13.2 Å². The fourth-order valence-electron chi connectivity index (χ4n) is 3.04. The highest BCUT2D eigenvalue weighted by molar-refractivity contribution is 5.80. The van der Waals surface area contributed by atoms with Crippen molar-refractivity contribution in [1.29, 1.82) is 0 Å². The number of aliphatic imine (C=N–C) groups is 1. The van der Waals surface area contributed by atoms with Gasteiger partial charge in [0.1, 0.15) is 5.82 Å². The summed E-state index contributed by atoms with van der Waals surface area (Å²) in [5.41, 5.74) is 1.14. The van der Waals surface area contributed by atoms with E-state index < -0.39 is 12.7 Å². The number of halogens is 3. The van der Waals surface area contributed by atoms with Gasteiger partial charge in [-0.05, 0) is 38.4 Å². The van der Waals surface area contributed by atoms with Gasteiger partial charge in [-0.15, -0.1) is 0 Å². The molecule has 0 atom stereocenters. The topological polar surface area (TPSA) is 55.8 Å². The molecule has 0 aromatic carbocycles. The molecule has 1 aromatic rings. The summed E-state index contributed by atoms with van der Waals surface area (Å²) in [7, 11) is 3.13. The molecule has 152 valence electrons. The van der Waals surface area contributed by atoms with Crippen LogP contribution < -0.4 is 15.5 Å². The lowest BCUT2D eigenvalue weighted by Crippen LogP contribution is -2.50. The van der Waals surface area contributed by atoms with Gasteiger partial charge in [0.2, 0.25) is 0 Å². The van der Waals surface area contributed by atoms with E-state index >= 15 is 0 Å². The summed E-state index contributed by atoms with van der Waals surface area (Å²) in [5, 5.41) is 6.45. The number of nitrogens with one attached hydrogen (secondary N) is 2. The highest BCUT2D eigenvalue weighted by Crippen LogP contribution is 2.18. The van der Waals surface area contributed by atoms with Crippen molar-refractivity contribution in [3.63, 3.8) is 0 Å². The Balaban J connectivity index is 1.70. The van der Waals surface area contributed by atoms with E-state index in [9.17, 15) is 13.2 Å². The molecule has 2 rings (SSSR count). The largest absolute Gasteiger partial charge is 0.401 e. The Bertz CT molecular complexity index is 594. The Hall–Kier alpha value is -2.03. The number of aryl methyl sites for hydroxylation is 1. The van der Waals surface area contributed by atoms with Crippen LogP contribution in [-0.4, -0.2) is 74.9 Å². The van der Waals surface area contributed by atoms with Gasteiger partial charge in [0.15, 0.2) is 5.96 Å². The monoisotopic (exact) mass is 386 g/mol. The average molecular weight is 386 g/mol. The summed E-state index contributed by atoms with van der Waals surface area (Å²) in [5.74, 6) is 1.62. The summed E-state index contributed by atoms with van der Waals surface area (Å²) >= 11 is 0. The molecule has 0 spiro atoms. The summed E-state index contributed by atoms with van der Waals surface area (Å²) in [6.45, 7) is 3.60. The highest BCUT2D eigenvalue weighted by Gasteiger charge is 2.28. The van der Waals surface area contributed by atoms with Crippen molar-refractivity contribution in [3.8, 4) is 0 Å². The lowest BCUT2D eigenvalue weighted by molar-refractivity contribution is -0.142. The predicted molar refractivity (Wildman–Crippen MR) is 102 cm³/mol. The molecule has 0 radical (unpaired) electrons. The first-order valence-electron chi connectivity index (χ1n) is 9.17. The molecule has 0 aliphatic carbocycles. The van der Waals surface area contributed by atoms with Crippen LogP contribution in [0.5, 0.6) is 0 Å². The molecule has 6 nitrogen and oxygen atoms in total. The first kappa shape index (κ1) is 21.3. The molecule has 9 heteroatoms. The average Bonchev–Trinajstić information content (AvgIpc) is 2.60. The third-order valence-electron chi connectivity index (χ3n) is 4.51. The Morgan fingerprint density at radius 1 is 1.33 bits per heavy atom. The molecular formula is C18H29F3N6. The van der Waals surface area contributed by atoms with Crippen molar-refractivity contribution in [2.45, 2.75) is 32.0 Å². The van der Waals surface area contributed by atoms with Crippen LogP contribution in [0.25, 0.3) is 0 Å². The van der Waals surface area contributed by atoms with E-state index in [0.717, 1.165) is 37.3 Å². The standard InChI is InChI=1S/C18H29F3N6/c1-14-4-5-16(24-12-14)27-9-6-15(7-10-27)25-17(22-2)23-8-11-26(3)13-18(19,20)21/h4-5,12,15H,6-11,13H2,1-3H3,(H2,22,23,25). The number of alkyl halides is 3. The fourth-order valence-corrected chi connectivity index (χ4v) is 3.04. The first-order chi connectivity index (χ1) is 12.8. The minimum atomic E-state index is -4.17. The number of hydrogen-bond donors (Lipinski definition) is 2. The fraction of sp³-hybridized carbons (Fsp3) is 0.667. The zero-order valence-corrected chi connectivity index (χ0v) is 16.2. The zero-order chi connectivity index (χ0) is 19.9. The number of anilines is 1. The van der Waals surface area contributed by atoms with Crippen LogP contribution >= 0.6 is 0 Å². The number of aromatic nitrogens is 1. The first-order valence-corrected chi connectivity index (χ1v) is 9.17. The summed E-state index contributed by atoms with van der Waals surface area (Å²) < 4.78 is 37.0. The molecule has 0 unspecified atom stereocenters. The molecule has 27 heavy (non-hydrogen) atoms. The van der Waals surface area contributed by atoms with E-state index in [1.54, 1.807) is 7.05 Å². The molecule has 0 amide bonds. The second kappa shape index (κ2) is 9.77. The second-order valence-electron chi connectivity index (χ2n) is 6.95. The number of nitrogens with zero attached hydrogens (tertiary/aromatic N) is 4. The van der Waals surface area contributed by atoms with Crippen molar-refractivity contribution in [2.24, 2.45) is 4.99 Å². The maximum Gasteiger partial charge on any atom is 0.401 e. The van der Waals surface area contributed by atoms with Crippen LogP contribution in [0.2, 0.25) is 0 Å². The maximum absolute atomic E-state index is 12.3. The van der Waals surface area contributed by atoms with Gasteiger partial charge >= 0.3 is 6.18 Å². The molecule has 1 aliphatic heterocycles. The Morgan fingerprint density at radius 2 is 2.04 bits per heavy atom. The minimum absolute atomic E-state index is 0.283. The normalized spacial score (nSPS) is 16.7. The quantitative estimate of drug-likeness (QED) is 0.579. The maximum atomic E-state index is 12.3. The Kier molecular flexibility index (Phi) is 7.70. The van der Waals surface area contributed by atoms with Gasteiger partial charge in [-0.1, -0.05) is 6.07 Å². The number of rotatable bonds is 6. The second-order valence-corrected chi connectivity index (χ2v) is 6.95.